The van der Waals surface area contributed by atoms with E-state index in [1.54, 1.807) is 6.07 Å². The van der Waals surface area contributed by atoms with Crippen molar-refractivity contribution in [2.45, 2.75) is 52.0 Å². The largest absolute Gasteiger partial charge is 0.399 e. The highest BCUT2D eigenvalue weighted by Crippen LogP contribution is 2.41. The van der Waals surface area contributed by atoms with Crippen molar-refractivity contribution >= 4 is 17.3 Å². The summed E-state index contributed by atoms with van der Waals surface area (Å²) < 4.78 is 1.99. The number of carbonyl (C=O) groups excluding carboxylic acids is 1. The summed E-state index contributed by atoms with van der Waals surface area (Å²) in [5.74, 6) is 0.348. The molecule has 1 fully saturated rings. The molecule has 1 saturated carbocycles. The maximum atomic E-state index is 12.6. The molecule has 1 aromatic carbocycles. The Balaban J connectivity index is 1.89. The van der Waals surface area contributed by atoms with Crippen LogP contribution in [0.2, 0.25) is 0 Å². The van der Waals surface area contributed by atoms with Crippen LogP contribution < -0.4 is 11.1 Å². The van der Waals surface area contributed by atoms with Crippen LogP contribution in [0.1, 0.15) is 61.3 Å². The lowest BCUT2D eigenvalue weighted by atomic mass is 10.1. The summed E-state index contributed by atoms with van der Waals surface area (Å²) in [6.07, 6.45) is 2.36. The molecule has 0 unspecified atom stereocenters. The minimum atomic E-state index is -0.191. The van der Waals surface area contributed by atoms with Crippen LogP contribution in [0, 0.1) is 6.92 Å². The van der Waals surface area contributed by atoms with Crippen LogP contribution in [0.5, 0.6) is 0 Å². The van der Waals surface area contributed by atoms with E-state index in [1.165, 1.54) is 12.8 Å². The molecule has 0 atom stereocenters. The first-order valence-electron chi connectivity index (χ1n) is 8.03. The van der Waals surface area contributed by atoms with Gasteiger partial charge in [0.25, 0.3) is 5.91 Å². The Labute approximate surface area is 136 Å². The van der Waals surface area contributed by atoms with Gasteiger partial charge in [0.1, 0.15) is 0 Å². The van der Waals surface area contributed by atoms with E-state index in [0.717, 1.165) is 16.9 Å². The lowest BCUT2D eigenvalue weighted by Gasteiger charge is -2.22. The number of nitrogens with two attached hydrogens (primary N) is 1. The summed E-state index contributed by atoms with van der Waals surface area (Å²) in [7, 11) is 0. The van der Waals surface area contributed by atoms with Crippen LogP contribution in [0.4, 0.5) is 11.4 Å². The Morgan fingerprint density at radius 3 is 2.61 bits per heavy atom. The number of aryl methyl sites for hydroxylation is 1. The number of benzene rings is 1. The number of hydrogen-bond donors (Lipinski definition) is 2. The van der Waals surface area contributed by atoms with Gasteiger partial charge >= 0.3 is 0 Å². The summed E-state index contributed by atoms with van der Waals surface area (Å²) in [6.45, 7) is 8.26. The smallest absolute Gasteiger partial charge is 0.276 e. The molecule has 0 radical (unpaired) electrons. The molecule has 1 aliphatic carbocycles. The van der Waals surface area contributed by atoms with Crippen LogP contribution in [0.3, 0.4) is 0 Å². The van der Waals surface area contributed by atoms with Gasteiger partial charge in [0.05, 0.1) is 5.54 Å². The molecule has 1 aromatic heterocycles. The minimum absolute atomic E-state index is 0.135. The summed E-state index contributed by atoms with van der Waals surface area (Å²) in [6, 6.07) is 7.43. The maximum Gasteiger partial charge on any atom is 0.276 e. The van der Waals surface area contributed by atoms with Gasteiger partial charge in [-0.1, -0.05) is 6.07 Å². The van der Waals surface area contributed by atoms with Gasteiger partial charge in [0.15, 0.2) is 5.69 Å². The Hall–Kier alpha value is -2.30. The fraction of sp³-hybridized carbons (Fsp3) is 0.444. The van der Waals surface area contributed by atoms with E-state index in [0.29, 0.717) is 17.3 Å². The van der Waals surface area contributed by atoms with Crippen LogP contribution in [-0.4, -0.2) is 15.7 Å². The highest BCUT2D eigenvalue weighted by Gasteiger charge is 2.32. The number of rotatable bonds is 3. The summed E-state index contributed by atoms with van der Waals surface area (Å²) in [4.78, 5) is 12.6. The number of nitrogen functional groups attached to an aromatic ring is 1. The number of nitrogens with one attached hydrogen (secondary N) is 1. The van der Waals surface area contributed by atoms with Crippen LogP contribution >= 0.6 is 0 Å². The van der Waals surface area contributed by atoms with E-state index in [9.17, 15) is 4.79 Å². The van der Waals surface area contributed by atoms with Gasteiger partial charge in [-0.3, -0.25) is 9.48 Å². The van der Waals surface area contributed by atoms with Gasteiger partial charge in [0, 0.05) is 23.0 Å². The Kier molecular flexibility index (Phi) is 3.66. The van der Waals surface area contributed by atoms with Crippen LogP contribution in [0.15, 0.2) is 24.3 Å². The van der Waals surface area contributed by atoms with Gasteiger partial charge in [-0.05, 0) is 64.3 Å². The zero-order valence-corrected chi connectivity index (χ0v) is 14.2. The molecule has 2 aromatic rings. The number of hydrogen-bond acceptors (Lipinski definition) is 3. The zero-order valence-electron chi connectivity index (χ0n) is 14.2. The Bertz CT molecular complexity index is 751. The first-order valence-corrected chi connectivity index (χ1v) is 8.03. The van der Waals surface area contributed by atoms with E-state index < -0.39 is 0 Å². The molecule has 23 heavy (non-hydrogen) atoms. The fourth-order valence-electron chi connectivity index (χ4n) is 2.67. The second kappa shape index (κ2) is 5.41. The standard InChI is InChI=1S/C18H24N4O/c1-11-5-8-13(19)9-14(11)20-17(23)15-10-16(12-6-7-12)22(21-15)18(2,3)4/h5,8-10,12H,6-7,19H2,1-4H3,(H,20,23). The van der Waals surface area contributed by atoms with Crippen molar-refractivity contribution in [1.82, 2.24) is 9.78 Å². The lowest BCUT2D eigenvalue weighted by Crippen LogP contribution is -2.25. The third-order valence-electron chi connectivity index (χ3n) is 4.11. The minimum Gasteiger partial charge on any atom is -0.399 e. The topological polar surface area (TPSA) is 72.9 Å². The van der Waals surface area contributed by atoms with Crippen LogP contribution in [0.25, 0.3) is 0 Å². The second-order valence-electron chi connectivity index (χ2n) is 7.34. The van der Waals surface area contributed by atoms with Gasteiger partial charge < -0.3 is 11.1 Å². The Morgan fingerprint density at radius 1 is 1.30 bits per heavy atom. The number of amides is 1. The van der Waals surface area contributed by atoms with Gasteiger partial charge in [0.2, 0.25) is 0 Å². The van der Waals surface area contributed by atoms with E-state index in [-0.39, 0.29) is 11.4 Å². The van der Waals surface area contributed by atoms with Crippen molar-refractivity contribution in [3.63, 3.8) is 0 Å². The van der Waals surface area contributed by atoms with Gasteiger partial charge in [-0.2, -0.15) is 5.10 Å². The van der Waals surface area contributed by atoms with E-state index in [2.05, 4.69) is 31.2 Å². The molecule has 1 aliphatic rings. The van der Waals surface area contributed by atoms with Crippen molar-refractivity contribution < 1.29 is 4.79 Å². The molecule has 0 saturated heterocycles. The number of carbonyl (C=O) groups is 1. The molecule has 0 bridgehead atoms. The first-order chi connectivity index (χ1) is 10.8. The summed E-state index contributed by atoms with van der Waals surface area (Å²) >= 11 is 0. The fourth-order valence-corrected chi connectivity index (χ4v) is 2.67. The van der Waals surface area contributed by atoms with Crippen molar-refractivity contribution in [3.8, 4) is 0 Å². The second-order valence-corrected chi connectivity index (χ2v) is 7.34. The lowest BCUT2D eigenvalue weighted by molar-refractivity contribution is 0.102. The zero-order chi connectivity index (χ0) is 16.8. The molecule has 1 amide bonds. The third kappa shape index (κ3) is 3.23. The SMILES string of the molecule is Cc1ccc(N)cc1NC(=O)c1cc(C2CC2)n(C(C)(C)C)n1. The first kappa shape index (κ1) is 15.6. The molecule has 3 N–H and O–H groups in total. The average Bonchev–Trinajstić information content (AvgIpc) is 3.19. The van der Waals surface area contributed by atoms with Gasteiger partial charge in [-0.15, -0.1) is 0 Å². The monoisotopic (exact) mass is 312 g/mol. The number of anilines is 2. The summed E-state index contributed by atoms with van der Waals surface area (Å²) in [5.41, 5.74) is 9.63. The molecule has 5 heteroatoms. The molecule has 0 aliphatic heterocycles. The number of nitrogens with zero attached hydrogens (tertiary/aromatic N) is 2. The molecular weight excluding hydrogens is 288 g/mol. The average molecular weight is 312 g/mol. The number of aromatic nitrogens is 2. The summed E-state index contributed by atoms with van der Waals surface area (Å²) in [5, 5.41) is 7.49. The van der Waals surface area contributed by atoms with Crippen molar-refractivity contribution in [3.05, 3.63) is 41.2 Å². The van der Waals surface area contributed by atoms with Crippen molar-refractivity contribution in [2.24, 2.45) is 0 Å². The molecule has 0 spiro atoms. The quantitative estimate of drug-likeness (QED) is 0.850. The molecule has 5 nitrogen and oxygen atoms in total. The molecule has 3 rings (SSSR count). The molecule has 122 valence electrons. The third-order valence-corrected chi connectivity index (χ3v) is 4.11. The maximum absolute atomic E-state index is 12.6. The normalized spacial score (nSPS) is 14.8. The van der Waals surface area contributed by atoms with E-state index in [1.807, 2.05) is 29.8 Å². The Morgan fingerprint density at radius 2 is 2.00 bits per heavy atom. The molecule has 1 heterocycles. The molecular formula is C18H24N4O. The van der Waals surface area contributed by atoms with Crippen LogP contribution in [-0.2, 0) is 5.54 Å². The predicted octanol–water partition coefficient (Wildman–Crippen LogP) is 3.66. The van der Waals surface area contributed by atoms with Gasteiger partial charge in [-0.25, -0.2) is 0 Å². The van der Waals surface area contributed by atoms with Crippen molar-refractivity contribution in [1.29, 1.82) is 0 Å². The highest BCUT2D eigenvalue weighted by molar-refractivity contribution is 6.03. The van der Waals surface area contributed by atoms with E-state index in [4.69, 9.17) is 5.73 Å². The van der Waals surface area contributed by atoms with E-state index >= 15 is 0 Å². The predicted molar refractivity (Wildman–Crippen MR) is 92.7 cm³/mol. The van der Waals surface area contributed by atoms with Crippen molar-refractivity contribution in [2.75, 3.05) is 11.1 Å². The highest BCUT2D eigenvalue weighted by atomic mass is 16.2.